The van der Waals surface area contributed by atoms with E-state index in [-0.39, 0.29) is 17.7 Å². The Morgan fingerprint density at radius 3 is 2.37 bits per heavy atom. The third-order valence-corrected chi connectivity index (χ3v) is 5.10. The zero-order valence-electron chi connectivity index (χ0n) is 17.2. The summed E-state index contributed by atoms with van der Waals surface area (Å²) < 4.78 is 10.7. The molecule has 0 atom stereocenters. The summed E-state index contributed by atoms with van der Waals surface area (Å²) in [6.45, 7) is 3.64. The Kier molecular flexibility index (Phi) is 6.68. The topological polar surface area (TPSA) is 89.5 Å². The molecule has 0 fully saturated rings. The first-order valence-corrected chi connectivity index (χ1v) is 10.2. The average Bonchev–Trinajstić information content (AvgIpc) is 3.21. The minimum absolute atomic E-state index is 0.0736. The van der Waals surface area contributed by atoms with Gasteiger partial charge in [0.2, 0.25) is 5.91 Å². The number of rotatable bonds is 7. The molecule has 156 valence electrons. The van der Waals surface area contributed by atoms with Crippen molar-refractivity contribution in [2.45, 2.75) is 13.8 Å². The van der Waals surface area contributed by atoms with Crippen molar-refractivity contribution in [1.82, 2.24) is 4.98 Å². The van der Waals surface area contributed by atoms with E-state index in [0.29, 0.717) is 33.6 Å². The summed E-state index contributed by atoms with van der Waals surface area (Å²) >= 11 is 1.32. The maximum atomic E-state index is 12.5. The van der Waals surface area contributed by atoms with Crippen LogP contribution in [0.5, 0.6) is 11.5 Å². The van der Waals surface area contributed by atoms with Crippen LogP contribution in [0.2, 0.25) is 0 Å². The minimum Gasteiger partial charge on any atom is -0.497 e. The van der Waals surface area contributed by atoms with E-state index < -0.39 is 0 Å². The van der Waals surface area contributed by atoms with Crippen molar-refractivity contribution in [1.29, 1.82) is 0 Å². The average molecular weight is 426 g/mol. The number of thiazole rings is 1. The Balaban J connectivity index is 1.72. The summed E-state index contributed by atoms with van der Waals surface area (Å²) in [4.78, 5) is 28.8. The van der Waals surface area contributed by atoms with Crippen molar-refractivity contribution in [3.8, 4) is 22.8 Å². The number of aromatic nitrogens is 1. The van der Waals surface area contributed by atoms with Gasteiger partial charge in [-0.1, -0.05) is 13.8 Å². The van der Waals surface area contributed by atoms with Crippen molar-refractivity contribution in [2.24, 2.45) is 5.92 Å². The Bertz CT molecular complexity index is 1040. The number of carbonyl (C=O) groups is 2. The Hall–Kier alpha value is -3.39. The van der Waals surface area contributed by atoms with Gasteiger partial charge in [-0.05, 0) is 42.5 Å². The van der Waals surface area contributed by atoms with Gasteiger partial charge in [0.25, 0.3) is 5.91 Å². The molecule has 3 rings (SSSR count). The van der Waals surface area contributed by atoms with Gasteiger partial charge in [0.15, 0.2) is 5.13 Å². The molecule has 30 heavy (non-hydrogen) atoms. The number of ether oxygens (including phenoxy) is 2. The first kappa shape index (κ1) is 21.3. The molecule has 7 nitrogen and oxygen atoms in total. The lowest BCUT2D eigenvalue weighted by Gasteiger charge is -2.09. The predicted molar refractivity (Wildman–Crippen MR) is 119 cm³/mol. The van der Waals surface area contributed by atoms with E-state index in [1.54, 1.807) is 38.5 Å². The molecule has 8 heteroatoms. The second-order valence-corrected chi connectivity index (χ2v) is 7.64. The van der Waals surface area contributed by atoms with Crippen molar-refractivity contribution in [3.05, 3.63) is 53.4 Å². The van der Waals surface area contributed by atoms with Crippen LogP contribution in [0.4, 0.5) is 10.8 Å². The molecule has 1 aromatic heterocycles. The second kappa shape index (κ2) is 9.41. The highest BCUT2D eigenvalue weighted by Crippen LogP contribution is 2.35. The van der Waals surface area contributed by atoms with Gasteiger partial charge in [-0.15, -0.1) is 11.3 Å². The maximum absolute atomic E-state index is 12.5. The maximum Gasteiger partial charge on any atom is 0.257 e. The predicted octanol–water partition coefficient (Wildman–Crippen LogP) is 4.67. The Morgan fingerprint density at radius 2 is 1.73 bits per heavy atom. The second-order valence-electron chi connectivity index (χ2n) is 6.78. The standard InChI is InChI=1S/C22H23N3O4S/c1-13(2)20(26)23-15-7-5-14(6-8-15)21(27)25-22-24-18(12-30-22)17-11-16(28-3)9-10-19(17)29-4/h5-13H,1-4H3,(H,23,26)(H,24,25,27). The van der Waals surface area contributed by atoms with E-state index in [9.17, 15) is 9.59 Å². The molecule has 0 saturated heterocycles. The van der Waals surface area contributed by atoms with Crippen LogP contribution in [0, 0.1) is 5.92 Å². The van der Waals surface area contributed by atoms with Gasteiger partial charge < -0.3 is 14.8 Å². The molecule has 0 aliphatic rings. The normalized spacial score (nSPS) is 10.6. The van der Waals surface area contributed by atoms with Gasteiger partial charge in [-0.2, -0.15) is 0 Å². The molecule has 1 heterocycles. The minimum atomic E-state index is -0.282. The summed E-state index contributed by atoms with van der Waals surface area (Å²) in [7, 11) is 3.19. The van der Waals surface area contributed by atoms with Crippen LogP contribution in [0.25, 0.3) is 11.3 Å². The molecule has 0 aliphatic carbocycles. The van der Waals surface area contributed by atoms with E-state index in [2.05, 4.69) is 15.6 Å². The Morgan fingerprint density at radius 1 is 1.00 bits per heavy atom. The van der Waals surface area contributed by atoms with Crippen LogP contribution in [0.1, 0.15) is 24.2 Å². The van der Waals surface area contributed by atoms with E-state index in [1.807, 2.05) is 37.4 Å². The fraction of sp³-hybridized carbons (Fsp3) is 0.227. The molecule has 0 saturated carbocycles. The van der Waals surface area contributed by atoms with Crippen LogP contribution >= 0.6 is 11.3 Å². The Labute approximate surface area is 179 Å². The first-order valence-electron chi connectivity index (χ1n) is 9.31. The molecular weight excluding hydrogens is 402 g/mol. The van der Waals surface area contributed by atoms with Gasteiger partial charge in [-0.25, -0.2) is 4.98 Å². The van der Waals surface area contributed by atoms with Gasteiger partial charge in [0, 0.05) is 28.1 Å². The molecule has 0 spiro atoms. The van der Waals surface area contributed by atoms with Gasteiger partial charge >= 0.3 is 0 Å². The van der Waals surface area contributed by atoms with Gasteiger partial charge in [-0.3, -0.25) is 14.9 Å². The highest BCUT2D eigenvalue weighted by molar-refractivity contribution is 7.14. The highest BCUT2D eigenvalue weighted by atomic mass is 32.1. The molecular formula is C22H23N3O4S. The number of anilines is 2. The van der Waals surface area contributed by atoms with Crippen molar-refractivity contribution < 1.29 is 19.1 Å². The smallest absolute Gasteiger partial charge is 0.257 e. The summed E-state index contributed by atoms with van der Waals surface area (Å²) in [5, 5.41) is 7.91. The lowest BCUT2D eigenvalue weighted by atomic mass is 10.1. The molecule has 2 aromatic carbocycles. The fourth-order valence-electron chi connectivity index (χ4n) is 2.63. The lowest BCUT2D eigenvalue weighted by Crippen LogP contribution is -2.18. The van der Waals surface area contributed by atoms with E-state index >= 15 is 0 Å². The van der Waals surface area contributed by atoms with Crippen molar-refractivity contribution in [2.75, 3.05) is 24.9 Å². The monoisotopic (exact) mass is 425 g/mol. The number of amides is 2. The number of nitrogens with one attached hydrogen (secondary N) is 2. The summed E-state index contributed by atoms with van der Waals surface area (Å²) in [5.74, 6) is 0.882. The van der Waals surface area contributed by atoms with Crippen LogP contribution in [0.3, 0.4) is 0 Å². The van der Waals surface area contributed by atoms with Gasteiger partial charge in [0.1, 0.15) is 11.5 Å². The fourth-order valence-corrected chi connectivity index (χ4v) is 3.34. The molecule has 0 radical (unpaired) electrons. The number of hydrogen-bond acceptors (Lipinski definition) is 6. The molecule has 0 bridgehead atoms. The molecule has 0 unspecified atom stereocenters. The van der Waals surface area contributed by atoms with Crippen molar-refractivity contribution >= 4 is 34.0 Å². The molecule has 3 aromatic rings. The molecule has 2 amide bonds. The van der Waals surface area contributed by atoms with Crippen LogP contribution < -0.4 is 20.1 Å². The number of carbonyl (C=O) groups excluding carboxylic acids is 2. The number of nitrogens with zero attached hydrogens (tertiary/aromatic N) is 1. The largest absolute Gasteiger partial charge is 0.497 e. The SMILES string of the molecule is COc1ccc(OC)c(-c2csc(NC(=O)c3ccc(NC(=O)C(C)C)cc3)n2)c1. The van der Waals surface area contributed by atoms with Crippen LogP contribution in [-0.4, -0.2) is 31.0 Å². The third-order valence-electron chi connectivity index (χ3n) is 4.35. The number of benzene rings is 2. The zero-order valence-corrected chi connectivity index (χ0v) is 18.0. The summed E-state index contributed by atoms with van der Waals surface area (Å²) in [6.07, 6.45) is 0. The van der Waals surface area contributed by atoms with Crippen LogP contribution in [-0.2, 0) is 4.79 Å². The highest BCUT2D eigenvalue weighted by Gasteiger charge is 2.14. The van der Waals surface area contributed by atoms with E-state index in [0.717, 1.165) is 5.56 Å². The zero-order chi connectivity index (χ0) is 21.7. The lowest BCUT2D eigenvalue weighted by molar-refractivity contribution is -0.118. The summed E-state index contributed by atoms with van der Waals surface area (Å²) in [6, 6.07) is 12.2. The number of methoxy groups -OCH3 is 2. The summed E-state index contributed by atoms with van der Waals surface area (Å²) in [5.41, 5.74) is 2.57. The molecule has 0 aliphatic heterocycles. The third kappa shape index (κ3) is 4.96. The molecule has 2 N–H and O–H groups in total. The van der Waals surface area contributed by atoms with Gasteiger partial charge in [0.05, 0.1) is 19.9 Å². The number of hydrogen-bond donors (Lipinski definition) is 2. The van der Waals surface area contributed by atoms with Crippen LogP contribution in [0.15, 0.2) is 47.8 Å². The van der Waals surface area contributed by atoms with E-state index in [1.165, 1.54) is 11.3 Å². The van der Waals surface area contributed by atoms with Crippen molar-refractivity contribution in [3.63, 3.8) is 0 Å². The quantitative estimate of drug-likeness (QED) is 0.574. The van der Waals surface area contributed by atoms with E-state index in [4.69, 9.17) is 9.47 Å². The first-order chi connectivity index (χ1) is 14.4.